The number of carbonyl (C=O) groups excluding carboxylic acids is 2. The first-order chi connectivity index (χ1) is 17.7. The molecule has 200 valence electrons. The lowest BCUT2D eigenvalue weighted by Gasteiger charge is -2.49. The van der Waals surface area contributed by atoms with Crippen molar-refractivity contribution in [2.75, 3.05) is 45.2 Å². The summed E-state index contributed by atoms with van der Waals surface area (Å²) in [6.07, 6.45) is 0.899. The van der Waals surface area contributed by atoms with E-state index >= 15 is 0 Å². The van der Waals surface area contributed by atoms with Gasteiger partial charge in [0.2, 0.25) is 5.91 Å². The second-order valence-corrected chi connectivity index (χ2v) is 10.9. The zero-order valence-electron chi connectivity index (χ0n) is 19.6. The molecule has 2 atom stereocenters. The van der Waals surface area contributed by atoms with E-state index in [9.17, 15) is 32.5 Å². The zero-order valence-corrected chi connectivity index (χ0v) is 21.2. The Kier molecular flexibility index (Phi) is 8.49. The van der Waals surface area contributed by atoms with Crippen molar-refractivity contribution in [2.45, 2.75) is 22.7 Å². The van der Waals surface area contributed by atoms with Crippen LogP contribution in [0.2, 0.25) is 0 Å². The van der Waals surface area contributed by atoms with Crippen LogP contribution in [0.5, 0.6) is 0 Å². The zero-order chi connectivity index (χ0) is 26.6. The van der Waals surface area contributed by atoms with Crippen LogP contribution in [0.1, 0.15) is 5.56 Å². The van der Waals surface area contributed by atoms with Gasteiger partial charge in [0, 0.05) is 31.0 Å². The summed E-state index contributed by atoms with van der Waals surface area (Å²) in [5, 5.41) is 15.5. The minimum atomic E-state index is -4.53. The lowest BCUT2D eigenvalue weighted by Crippen LogP contribution is -2.70. The van der Waals surface area contributed by atoms with E-state index in [1.54, 1.807) is 0 Å². The maximum atomic E-state index is 12.8. The van der Waals surface area contributed by atoms with Crippen molar-refractivity contribution >= 4 is 45.9 Å². The topological polar surface area (TPSA) is 175 Å². The van der Waals surface area contributed by atoms with E-state index in [0.717, 1.165) is 18.0 Å². The molecule has 0 bridgehead atoms. The van der Waals surface area contributed by atoms with Crippen LogP contribution in [-0.4, -0.2) is 108 Å². The number of rotatable bonds is 10. The summed E-state index contributed by atoms with van der Waals surface area (Å²) in [7, 11) is -4.53. The molecule has 1 aromatic carbocycles. The number of oxime groups is 1. The van der Waals surface area contributed by atoms with Crippen molar-refractivity contribution < 1.29 is 42.0 Å². The molecule has 1 aromatic rings. The maximum Gasteiger partial charge on any atom is 0.353 e. The molecule has 0 unspecified atom stereocenters. The number of fused-ring (bicyclic) bond motifs is 1. The molecule has 0 saturated carbocycles. The molecule has 13 nitrogen and oxygen atoms in total. The Morgan fingerprint density at radius 3 is 2.70 bits per heavy atom. The van der Waals surface area contributed by atoms with Crippen molar-refractivity contribution in [1.29, 1.82) is 0 Å². The molecule has 3 aliphatic rings. The Balaban J connectivity index is 1.36. The molecule has 3 aliphatic heterocycles. The van der Waals surface area contributed by atoms with E-state index in [1.807, 2.05) is 0 Å². The fraction of sp³-hybridized carbons (Fsp3) is 0.455. The molecule has 37 heavy (non-hydrogen) atoms. The number of hydrogen-bond donors (Lipinski definition) is 3. The summed E-state index contributed by atoms with van der Waals surface area (Å²) in [6, 6.07) is 4.50. The number of thioether (sulfide) groups is 1. The smallest absolute Gasteiger partial charge is 0.353 e. The SMILES string of the molecule is O=C(Cc1ccccc1S(=O)(=O)O)N[C@@H]1C(=O)N2C(C(=O)O)=C(/C=N/OCCN3CCOCC3)CS[C@H]12. The normalized spacial score (nSPS) is 22.5. The predicted molar refractivity (Wildman–Crippen MR) is 131 cm³/mol. The van der Waals surface area contributed by atoms with Gasteiger partial charge in [-0.15, -0.1) is 11.8 Å². The molecule has 15 heteroatoms. The second kappa shape index (κ2) is 11.6. The number of ether oxygens (including phenoxy) is 1. The first-order valence-corrected chi connectivity index (χ1v) is 13.9. The van der Waals surface area contributed by atoms with Crippen molar-refractivity contribution in [3.8, 4) is 0 Å². The van der Waals surface area contributed by atoms with E-state index in [4.69, 9.17) is 9.57 Å². The highest BCUT2D eigenvalue weighted by atomic mass is 32.2. The van der Waals surface area contributed by atoms with Crippen LogP contribution in [0.15, 0.2) is 45.6 Å². The number of benzene rings is 1. The van der Waals surface area contributed by atoms with Gasteiger partial charge >= 0.3 is 5.97 Å². The summed E-state index contributed by atoms with van der Waals surface area (Å²) in [4.78, 5) is 45.4. The standard InChI is InChI=1S/C22H26N4O9S2/c27-17(11-14-3-1-2-4-16(14)37(31,32)33)24-18-20(28)26-19(22(29)30)15(13-36-21(18)26)12-23-35-10-7-25-5-8-34-9-6-25/h1-4,12,18,21H,5-11,13H2,(H,24,27)(H,29,30)(H,31,32,33)/b23-12+/t18-,21-/m1/s1. The van der Waals surface area contributed by atoms with Gasteiger partial charge in [-0.05, 0) is 11.6 Å². The predicted octanol–water partition coefficient (Wildman–Crippen LogP) is -0.451. The largest absolute Gasteiger partial charge is 0.477 e. The van der Waals surface area contributed by atoms with E-state index in [-0.39, 0.29) is 17.0 Å². The monoisotopic (exact) mass is 554 g/mol. The molecule has 3 N–H and O–H groups in total. The summed E-state index contributed by atoms with van der Waals surface area (Å²) in [5.41, 5.74) is 0.150. The van der Waals surface area contributed by atoms with Gasteiger partial charge in [0.05, 0.1) is 30.7 Å². The number of morpholine rings is 1. The first-order valence-electron chi connectivity index (χ1n) is 11.4. The van der Waals surface area contributed by atoms with Crippen molar-refractivity contribution in [1.82, 2.24) is 15.1 Å². The summed E-state index contributed by atoms with van der Waals surface area (Å²) in [5.74, 6) is -2.33. The van der Waals surface area contributed by atoms with Crippen LogP contribution in [0, 0.1) is 0 Å². The molecule has 2 saturated heterocycles. The molecule has 0 aromatic heterocycles. The molecule has 0 radical (unpaired) electrons. The number of hydrogen-bond acceptors (Lipinski definition) is 10. The molecule has 2 fully saturated rings. The third-order valence-corrected chi connectivity index (χ3v) is 8.26. The van der Waals surface area contributed by atoms with E-state index in [2.05, 4.69) is 15.4 Å². The van der Waals surface area contributed by atoms with E-state index in [0.29, 0.717) is 31.9 Å². The Bertz CT molecular complexity index is 1230. The molecular weight excluding hydrogens is 528 g/mol. The minimum Gasteiger partial charge on any atom is -0.477 e. The molecule has 0 aliphatic carbocycles. The second-order valence-electron chi connectivity index (χ2n) is 8.42. The molecule has 4 rings (SSSR count). The molecular formula is C22H26N4O9S2. The lowest BCUT2D eigenvalue weighted by molar-refractivity contribution is -0.150. The Morgan fingerprint density at radius 2 is 2.00 bits per heavy atom. The number of aliphatic carboxylic acids is 1. The van der Waals surface area contributed by atoms with Gasteiger partial charge in [-0.2, -0.15) is 8.42 Å². The van der Waals surface area contributed by atoms with Crippen molar-refractivity contribution in [3.05, 3.63) is 41.1 Å². The van der Waals surface area contributed by atoms with Crippen LogP contribution in [0.25, 0.3) is 0 Å². The van der Waals surface area contributed by atoms with E-state index in [1.165, 1.54) is 42.2 Å². The first kappa shape index (κ1) is 27.1. The highest BCUT2D eigenvalue weighted by molar-refractivity contribution is 8.00. The van der Waals surface area contributed by atoms with Gasteiger partial charge in [-0.25, -0.2) is 4.79 Å². The number of nitrogens with one attached hydrogen (secondary N) is 1. The number of carboxylic acid groups (broad SMARTS) is 1. The highest BCUT2D eigenvalue weighted by Gasteiger charge is 2.54. The quantitative estimate of drug-likeness (QED) is 0.112. The van der Waals surface area contributed by atoms with Crippen LogP contribution in [-0.2, 0) is 40.5 Å². The minimum absolute atomic E-state index is 0.0701. The third kappa shape index (κ3) is 6.30. The number of carbonyl (C=O) groups is 3. The Labute approximate surface area is 217 Å². The van der Waals surface area contributed by atoms with Gasteiger partial charge in [-0.3, -0.25) is 23.9 Å². The van der Waals surface area contributed by atoms with Crippen LogP contribution in [0.3, 0.4) is 0 Å². The van der Waals surface area contributed by atoms with Gasteiger partial charge in [0.1, 0.15) is 23.7 Å². The number of nitrogens with zero attached hydrogens (tertiary/aromatic N) is 3. The van der Waals surface area contributed by atoms with Crippen molar-refractivity contribution in [3.63, 3.8) is 0 Å². The van der Waals surface area contributed by atoms with Crippen molar-refractivity contribution in [2.24, 2.45) is 5.16 Å². The Hall–Kier alpha value is -2.98. The molecule has 2 amide bonds. The average Bonchev–Trinajstić information content (AvgIpc) is 2.86. The average molecular weight is 555 g/mol. The number of amides is 2. The molecule has 0 spiro atoms. The maximum absolute atomic E-state index is 12.8. The highest BCUT2D eigenvalue weighted by Crippen LogP contribution is 2.40. The number of carboxylic acids is 1. The van der Waals surface area contributed by atoms with Gasteiger partial charge in [-0.1, -0.05) is 23.4 Å². The van der Waals surface area contributed by atoms with Gasteiger partial charge in [0.25, 0.3) is 16.0 Å². The fourth-order valence-corrected chi connectivity index (χ4v) is 6.21. The van der Waals surface area contributed by atoms with Gasteiger partial charge in [0.15, 0.2) is 0 Å². The van der Waals surface area contributed by atoms with Crippen LogP contribution < -0.4 is 5.32 Å². The Morgan fingerprint density at radius 1 is 1.27 bits per heavy atom. The third-order valence-electron chi connectivity index (χ3n) is 6.00. The fourth-order valence-electron chi connectivity index (χ4n) is 4.19. The van der Waals surface area contributed by atoms with Gasteiger partial charge < -0.3 is 20.0 Å². The number of β-lactam (4-membered cyclic amide) rings is 1. The van der Waals surface area contributed by atoms with Crippen LogP contribution >= 0.6 is 11.8 Å². The van der Waals surface area contributed by atoms with Crippen LogP contribution in [0.4, 0.5) is 0 Å². The lowest BCUT2D eigenvalue weighted by atomic mass is 10.0. The summed E-state index contributed by atoms with van der Waals surface area (Å²) < 4.78 is 37.8. The molecule has 3 heterocycles. The summed E-state index contributed by atoms with van der Waals surface area (Å²) in [6.45, 7) is 3.92. The summed E-state index contributed by atoms with van der Waals surface area (Å²) >= 11 is 1.26. The van der Waals surface area contributed by atoms with E-state index < -0.39 is 50.6 Å².